The molecule has 1 amide bonds. The van der Waals surface area contributed by atoms with Gasteiger partial charge in [0.25, 0.3) is 5.56 Å². The number of unbranched alkanes of at least 4 members (excludes halogenated alkanes) is 1. The van der Waals surface area contributed by atoms with Crippen LogP contribution in [0.2, 0.25) is 0 Å². The number of nitrogens with one attached hydrogen (secondary N) is 1. The summed E-state index contributed by atoms with van der Waals surface area (Å²) >= 11 is 1.10. The number of benzene rings is 1. The Bertz CT molecular complexity index is 1380. The number of nitrogens with two attached hydrogens (primary N) is 1. The number of thioether (sulfide) groups is 1. The standard InChI is InChI=1S/C24H27N7O3S/c1-4-5-11-30(19(32)14-35-23-18(12-25)15(2)27-16(3)28-23)20-21(26)31(24(34)29-22(20)33)13-17-9-7-6-8-10-17/h6-10H,4-5,11,13-14,26H2,1-3H3,(H,29,33,34). The fourth-order valence-electron chi connectivity index (χ4n) is 3.56. The van der Waals surface area contributed by atoms with Crippen molar-refractivity contribution in [2.24, 2.45) is 0 Å². The summed E-state index contributed by atoms with van der Waals surface area (Å²) in [5.41, 5.74) is 6.54. The first-order valence-electron chi connectivity index (χ1n) is 11.1. The third-order valence-electron chi connectivity index (χ3n) is 5.32. The number of hydrogen-bond donors (Lipinski definition) is 2. The largest absolute Gasteiger partial charge is 0.383 e. The molecule has 11 heteroatoms. The number of aryl methyl sites for hydroxylation is 2. The molecule has 0 aliphatic rings. The van der Waals surface area contributed by atoms with Gasteiger partial charge in [-0.3, -0.25) is 19.1 Å². The SMILES string of the molecule is CCCCN(C(=O)CSc1nc(C)nc(C)c1C#N)c1c(N)n(Cc2ccccc2)c(=O)[nH]c1=O. The van der Waals surface area contributed by atoms with E-state index in [1.807, 2.05) is 37.3 Å². The molecule has 0 aliphatic carbocycles. The maximum Gasteiger partial charge on any atom is 0.330 e. The van der Waals surface area contributed by atoms with Crippen LogP contribution in [0.5, 0.6) is 0 Å². The molecule has 1 aromatic carbocycles. The van der Waals surface area contributed by atoms with Crippen LogP contribution in [0, 0.1) is 25.2 Å². The summed E-state index contributed by atoms with van der Waals surface area (Å²) in [7, 11) is 0. The number of carbonyl (C=O) groups is 1. The van der Waals surface area contributed by atoms with Crippen LogP contribution in [0.4, 0.5) is 11.5 Å². The van der Waals surface area contributed by atoms with Gasteiger partial charge in [-0.05, 0) is 25.8 Å². The smallest absolute Gasteiger partial charge is 0.330 e. The van der Waals surface area contributed by atoms with Crippen molar-refractivity contribution in [1.82, 2.24) is 19.5 Å². The zero-order valence-corrected chi connectivity index (χ0v) is 20.7. The van der Waals surface area contributed by atoms with Crippen LogP contribution in [0.1, 0.15) is 42.4 Å². The van der Waals surface area contributed by atoms with Gasteiger partial charge in [-0.15, -0.1) is 0 Å². The molecule has 3 aromatic rings. The molecular weight excluding hydrogens is 466 g/mol. The second-order valence-electron chi connectivity index (χ2n) is 7.90. The van der Waals surface area contributed by atoms with E-state index in [1.54, 1.807) is 13.8 Å². The van der Waals surface area contributed by atoms with Crippen LogP contribution in [0.3, 0.4) is 0 Å². The number of amides is 1. The van der Waals surface area contributed by atoms with Gasteiger partial charge in [0.1, 0.15) is 28.3 Å². The number of carbonyl (C=O) groups excluding carboxylic acids is 1. The van der Waals surface area contributed by atoms with E-state index in [0.29, 0.717) is 28.5 Å². The van der Waals surface area contributed by atoms with E-state index in [9.17, 15) is 19.6 Å². The number of nitrogen functional groups attached to an aromatic ring is 1. The van der Waals surface area contributed by atoms with Crippen molar-refractivity contribution >= 4 is 29.2 Å². The molecule has 0 saturated heterocycles. The first kappa shape index (κ1) is 25.7. The molecule has 0 aliphatic heterocycles. The predicted molar refractivity (Wildman–Crippen MR) is 135 cm³/mol. The Hall–Kier alpha value is -3.91. The molecular formula is C24H27N7O3S. The van der Waals surface area contributed by atoms with E-state index in [4.69, 9.17) is 5.73 Å². The van der Waals surface area contributed by atoms with Crippen molar-refractivity contribution in [3.63, 3.8) is 0 Å². The summed E-state index contributed by atoms with van der Waals surface area (Å²) in [6.07, 6.45) is 1.41. The molecule has 0 unspecified atom stereocenters. The minimum absolute atomic E-state index is 0.0601. The average molecular weight is 494 g/mol. The normalized spacial score (nSPS) is 10.7. The van der Waals surface area contributed by atoms with Crippen LogP contribution in [0.15, 0.2) is 44.9 Å². The van der Waals surface area contributed by atoms with Crippen molar-refractivity contribution in [2.75, 3.05) is 22.9 Å². The molecule has 0 radical (unpaired) electrons. The lowest BCUT2D eigenvalue weighted by atomic mass is 10.2. The Kier molecular flexibility index (Phi) is 8.43. The molecule has 10 nitrogen and oxygen atoms in total. The van der Waals surface area contributed by atoms with Crippen LogP contribution in [-0.2, 0) is 11.3 Å². The van der Waals surface area contributed by atoms with Gasteiger partial charge in [0.2, 0.25) is 5.91 Å². The molecule has 3 N–H and O–H groups in total. The minimum atomic E-state index is -0.724. The summed E-state index contributed by atoms with van der Waals surface area (Å²) in [5.74, 6) is -0.0508. The van der Waals surface area contributed by atoms with E-state index < -0.39 is 11.2 Å². The van der Waals surface area contributed by atoms with E-state index in [0.717, 1.165) is 23.7 Å². The summed E-state index contributed by atoms with van der Waals surface area (Å²) < 4.78 is 1.25. The van der Waals surface area contributed by atoms with Crippen molar-refractivity contribution in [3.8, 4) is 6.07 Å². The van der Waals surface area contributed by atoms with Crippen molar-refractivity contribution in [1.29, 1.82) is 5.26 Å². The number of rotatable bonds is 9. The molecule has 3 rings (SSSR count). The highest BCUT2D eigenvalue weighted by molar-refractivity contribution is 8.00. The van der Waals surface area contributed by atoms with E-state index in [2.05, 4.69) is 21.0 Å². The molecule has 0 bridgehead atoms. The maximum atomic E-state index is 13.3. The van der Waals surface area contributed by atoms with Crippen LogP contribution in [-0.4, -0.2) is 37.7 Å². The molecule has 0 atom stereocenters. The molecule has 0 fully saturated rings. The molecule has 0 saturated carbocycles. The third kappa shape index (κ3) is 5.96. The van der Waals surface area contributed by atoms with E-state index in [1.165, 1.54) is 9.47 Å². The average Bonchev–Trinajstić information content (AvgIpc) is 2.82. The van der Waals surface area contributed by atoms with Gasteiger partial charge in [0.15, 0.2) is 5.69 Å². The number of anilines is 2. The maximum absolute atomic E-state index is 13.3. The number of aromatic amines is 1. The monoisotopic (exact) mass is 493 g/mol. The second-order valence-corrected chi connectivity index (χ2v) is 8.86. The predicted octanol–water partition coefficient (Wildman–Crippen LogP) is 2.37. The Morgan fingerprint density at radius 3 is 2.60 bits per heavy atom. The zero-order chi connectivity index (χ0) is 25.5. The molecule has 0 spiro atoms. The van der Waals surface area contributed by atoms with Crippen LogP contribution < -0.4 is 21.9 Å². The van der Waals surface area contributed by atoms with Gasteiger partial charge in [0.05, 0.1) is 18.0 Å². The molecule has 35 heavy (non-hydrogen) atoms. The van der Waals surface area contributed by atoms with Gasteiger partial charge < -0.3 is 10.6 Å². The second kappa shape index (κ2) is 11.5. The van der Waals surface area contributed by atoms with Crippen LogP contribution >= 0.6 is 11.8 Å². The van der Waals surface area contributed by atoms with Gasteiger partial charge >= 0.3 is 5.69 Å². The Balaban J connectivity index is 1.97. The number of hydrogen-bond acceptors (Lipinski definition) is 8. The number of H-pyrrole nitrogens is 1. The zero-order valence-electron chi connectivity index (χ0n) is 19.9. The van der Waals surface area contributed by atoms with Crippen LogP contribution in [0.25, 0.3) is 0 Å². The highest BCUT2D eigenvalue weighted by atomic mass is 32.2. The first-order valence-corrected chi connectivity index (χ1v) is 12.1. The highest BCUT2D eigenvalue weighted by Gasteiger charge is 2.25. The lowest BCUT2D eigenvalue weighted by molar-refractivity contribution is -0.116. The van der Waals surface area contributed by atoms with E-state index >= 15 is 0 Å². The molecule has 2 heterocycles. The summed E-state index contributed by atoms with van der Waals surface area (Å²) in [6, 6.07) is 11.3. The van der Waals surface area contributed by atoms with Gasteiger partial charge in [0, 0.05) is 6.54 Å². The summed E-state index contributed by atoms with van der Waals surface area (Å²) in [5, 5.41) is 9.88. The Morgan fingerprint density at radius 1 is 1.23 bits per heavy atom. The van der Waals surface area contributed by atoms with E-state index in [-0.39, 0.29) is 36.3 Å². The molecule has 182 valence electrons. The van der Waals surface area contributed by atoms with Crippen molar-refractivity contribution in [3.05, 3.63) is 73.8 Å². The lowest BCUT2D eigenvalue weighted by Crippen LogP contribution is -2.42. The summed E-state index contributed by atoms with van der Waals surface area (Å²) in [6.45, 7) is 5.78. The fourth-order valence-corrected chi connectivity index (χ4v) is 4.51. The first-order chi connectivity index (χ1) is 16.8. The molecule has 2 aromatic heterocycles. The Morgan fingerprint density at radius 2 is 1.94 bits per heavy atom. The number of nitrogens with zero attached hydrogens (tertiary/aromatic N) is 5. The third-order valence-corrected chi connectivity index (χ3v) is 6.28. The van der Waals surface area contributed by atoms with Crippen molar-refractivity contribution in [2.45, 2.75) is 45.2 Å². The van der Waals surface area contributed by atoms with Crippen molar-refractivity contribution < 1.29 is 4.79 Å². The highest BCUT2D eigenvalue weighted by Crippen LogP contribution is 2.25. The topological polar surface area (TPSA) is 151 Å². The number of nitriles is 1. The fraction of sp³-hybridized carbons (Fsp3) is 0.333. The quantitative estimate of drug-likeness (QED) is 0.341. The Labute approximate surface area is 206 Å². The number of aromatic nitrogens is 4. The lowest BCUT2D eigenvalue weighted by Gasteiger charge is -2.24. The summed E-state index contributed by atoms with van der Waals surface area (Å²) in [4.78, 5) is 50.8. The van der Waals surface area contributed by atoms with Gasteiger partial charge in [-0.1, -0.05) is 55.4 Å². The van der Waals surface area contributed by atoms with Gasteiger partial charge in [-0.2, -0.15) is 5.26 Å². The minimum Gasteiger partial charge on any atom is -0.383 e. The van der Waals surface area contributed by atoms with Gasteiger partial charge in [-0.25, -0.2) is 14.8 Å².